The van der Waals surface area contributed by atoms with Crippen LogP contribution in [0.2, 0.25) is 0 Å². The van der Waals surface area contributed by atoms with Crippen LogP contribution in [-0.2, 0) is 4.79 Å². The van der Waals surface area contributed by atoms with Crippen molar-refractivity contribution in [3.05, 3.63) is 47.6 Å². The van der Waals surface area contributed by atoms with E-state index in [-0.39, 0.29) is 5.91 Å². The number of hydrogen-bond donors (Lipinski definition) is 1. The van der Waals surface area contributed by atoms with Crippen LogP contribution in [-0.4, -0.2) is 51.9 Å². The number of hydrogen-bond acceptors (Lipinski definition) is 7. The van der Waals surface area contributed by atoms with Crippen LogP contribution in [0.5, 0.6) is 0 Å². The summed E-state index contributed by atoms with van der Waals surface area (Å²) in [6.07, 6.45) is 4.34. The van der Waals surface area contributed by atoms with Crippen molar-refractivity contribution >= 4 is 55.7 Å². The lowest BCUT2D eigenvalue weighted by Gasteiger charge is -2.35. The Bertz CT molecular complexity index is 1320. The van der Waals surface area contributed by atoms with E-state index < -0.39 is 0 Å². The summed E-state index contributed by atoms with van der Waals surface area (Å²) >= 11 is 1.80. The Morgan fingerprint density at radius 1 is 1.06 bits per heavy atom. The summed E-state index contributed by atoms with van der Waals surface area (Å²) in [5.41, 5.74) is 2.97. The van der Waals surface area contributed by atoms with Crippen molar-refractivity contribution in [2.75, 3.05) is 36.4 Å². The van der Waals surface area contributed by atoms with Gasteiger partial charge in [0.25, 0.3) is 0 Å². The van der Waals surface area contributed by atoms with E-state index in [1.165, 1.54) is 22.5 Å². The Balaban J connectivity index is 1.33. The first-order chi connectivity index (χ1) is 15.6. The lowest BCUT2D eigenvalue weighted by Crippen LogP contribution is -2.48. The number of benzene rings is 1. The third kappa shape index (κ3) is 3.64. The number of thiazole rings is 1. The average Bonchev–Trinajstić information content (AvgIpc) is 3.58. The number of nitrogens with zero attached hydrogens (tertiary/aromatic N) is 5. The second kappa shape index (κ2) is 7.70. The van der Waals surface area contributed by atoms with Crippen LogP contribution in [0, 0.1) is 0 Å². The molecule has 0 radical (unpaired) electrons. The number of aromatic nitrogens is 3. The quantitative estimate of drug-likeness (QED) is 0.499. The van der Waals surface area contributed by atoms with Gasteiger partial charge in [-0.2, -0.15) is 0 Å². The number of amides is 1. The minimum Gasteiger partial charge on any atom is -0.353 e. The third-order valence-electron chi connectivity index (χ3n) is 6.23. The predicted octanol–water partition coefficient (Wildman–Crippen LogP) is 4.53. The Morgan fingerprint density at radius 2 is 1.91 bits per heavy atom. The van der Waals surface area contributed by atoms with E-state index in [2.05, 4.69) is 33.4 Å². The van der Waals surface area contributed by atoms with Gasteiger partial charge in [0, 0.05) is 62.4 Å². The molecule has 1 saturated carbocycles. The fourth-order valence-corrected chi connectivity index (χ4v) is 5.41. The van der Waals surface area contributed by atoms with Crippen molar-refractivity contribution in [3.8, 4) is 0 Å². The number of piperazine rings is 1. The molecule has 1 amide bonds. The van der Waals surface area contributed by atoms with Crippen molar-refractivity contribution in [1.29, 1.82) is 0 Å². The predicted molar refractivity (Wildman–Crippen MR) is 129 cm³/mol. The zero-order valence-corrected chi connectivity index (χ0v) is 18.7. The van der Waals surface area contributed by atoms with Gasteiger partial charge in [-0.25, -0.2) is 9.97 Å². The van der Waals surface area contributed by atoms with Gasteiger partial charge in [0.2, 0.25) is 5.91 Å². The van der Waals surface area contributed by atoms with Gasteiger partial charge in [-0.1, -0.05) is 0 Å². The van der Waals surface area contributed by atoms with Gasteiger partial charge >= 0.3 is 0 Å². The van der Waals surface area contributed by atoms with E-state index in [1.54, 1.807) is 18.3 Å². The van der Waals surface area contributed by atoms with Gasteiger partial charge in [-0.3, -0.25) is 9.78 Å². The van der Waals surface area contributed by atoms with Crippen molar-refractivity contribution in [2.45, 2.75) is 25.7 Å². The van der Waals surface area contributed by atoms with Crippen LogP contribution < -0.4 is 10.2 Å². The molecule has 4 heterocycles. The molecule has 0 unspecified atom stereocenters. The molecule has 1 aliphatic carbocycles. The topological polar surface area (TPSA) is 74.2 Å². The molecule has 6 rings (SSSR count). The number of pyridine rings is 2. The van der Waals surface area contributed by atoms with Gasteiger partial charge in [-0.15, -0.1) is 11.3 Å². The van der Waals surface area contributed by atoms with Crippen molar-refractivity contribution in [3.63, 3.8) is 0 Å². The first-order valence-electron chi connectivity index (χ1n) is 11.1. The number of rotatable bonds is 4. The van der Waals surface area contributed by atoms with E-state index >= 15 is 0 Å². The number of anilines is 3. The van der Waals surface area contributed by atoms with Crippen LogP contribution >= 0.6 is 11.3 Å². The van der Waals surface area contributed by atoms with Crippen LogP contribution in [0.15, 0.2) is 42.6 Å². The molecule has 3 aromatic heterocycles. The fraction of sp³-hybridized carbons (Fsp3) is 0.333. The molecule has 0 bridgehead atoms. The molecule has 1 aliphatic heterocycles. The van der Waals surface area contributed by atoms with E-state index in [4.69, 9.17) is 9.97 Å². The van der Waals surface area contributed by atoms with Crippen LogP contribution in [0.3, 0.4) is 0 Å². The molecule has 1 N–H and O–H groups in total. The lowest BCUT2D eigenvalue weighted by atomic mass is 10.2. The van der Waals surface area contributed by atoms with Crippen LogP contribution in [0.25, 0.3) is 21.1 Å². The SMILES string of the molecule is CC(=O)N1CCN(c2cc3ncccc3c(Nc3ccc4nc(C5CC5)sc4c3)n2)CC1. The number of fused-ring (bicyclic) bond motifs is 2. The van der Waals surface area contributed by atoms with Crippen molar-refractivity contribution in [1.82, 2.24) is 19.9 Å². The highest BCUT2D eigenvalue weighted by atomic mass is 32.1. The maximum absolute atomic E-state index is 11.7. The van der Waals surface area contributed by atoms with Gasteiger partial charge in [0.1, 0.15) is 11.6 Å². The maximum Gasteiger partial charge on any atom is 0.219 e. The summed E-state index contributed by atoms with van der Waals surface area (Å²) < 4.78 is 1.20. The molecule has 4 aromatic rings. The molecular formula is C24H24N6OS. The molecule has 0 spiro atoms. The van der Waals surface area contributed by atoms with Gasteiger partial charge < -0.3 is 15.1 Å². The van der Waals surface area contributed by atoms with Crippen LogP contribution in [0.4, 0.5) is 17.3 Å². The average molecular weight is 445 g/mol. The largest absolute Gasteiger partial charge is 0.353 e. The summed E-state index contributed by atoms with van der Waals surface area (Å²) in [6, 6.07) is 12.4. The van der Waals surface area contributed by atoms with E-state index in [1.807, 2.05) is 29.3 Å². The molecule has 1 aromatic carbocycles. The fourth-order valence-electron chi connectivity index (χ4n) is 4.23. The molecule has 1 saturated heterocycles. The number of nitrogens with one attached hydrogen (secondary N) is 1. The first kappa shape index (κ1) is 19.4. The first-order valence-corrected chi connectivity index (χ1v) is 11.9. The number of carbonyl (C=O) groups is 1. The normalized spacial score (nSPS) is 16.7. The van der Waals surface area contributed by atoms with Crippen molar-refractivity contribution in [2.24, 2.45) is 0 Å². The van der Waals surface area contributed by atoms with Gasteiger partial charge in [-0.05, 0) is 43.2 Å². The molecule has 2 aliphatic rings. The van der Waals surface area contributed by atoms with Crippen LogP contribution in [0.1, 0.15) is 30.7 Å². The Labute approximate surface area is 190 Å². The highest BCUT2D eigenvalue weighted by molar-refractivity contribution is 7.18. The van der Waals surface area contributed by atoms with Crippen molar-refractivity contribution < 1.29 is 4.79 Å². The molecule has 32 heavy (non-hydrogen) atoms. The molecule has 162 valence electrons. The maximum atomic E-state index is 11.7. The monoisotopic (exact) mass is 444 g/mol. The van der Waals surface area contributed by atoms with E-state index in [0.29, 0.717) is 19.0 Å². The Morgan fingerprint density at radius 3 is 2.69 bits per heavy atom. The zero-order valence-electron chi connectivity index (χ0n) is 17.9. The zero-order chi connectivity index (χ0) is 21.7. The molecule has 8 heteroatoms. The highest BCUT2D eigenvalue weighted by Crippen LogP contribution is 2.43. The second-order valence-electron chi connectivity index (χ2n) is 8.53. The second-order valence-corrected chi connectivity index (χ2v) is 9.59. The summed E-state index contributed by atoms with van der Waals surface area (Å²) in [4.78, 5) is 30.1. The summed E-state index contributed by atoms with van der Waals surface area (Å²) in [5, 5.41) is 5.78. The van der Waals surface area contributed by atoms with E-state index in [0.717, 1.165) is 46.8 Å². The highest BCUT2D eigenvalue weighted by Gasteiger charge is 2.27. The van der Waals surface area contributed by atoms with Gasteiger partial charge in [0.15, 0.2) is 0 Å². The molecule has 7 nitrogen and oxygen atoms in total. The lowest BCUT2D eigenvalue weighted by molar-refractivity contribution is -0.129. The Hall–Kier alpha value is -3.26. The Kier molecular flexibility index (Phi) is 4.68. The molecular weight excluding hydrogens is 420 g/mol. The molecule has 0 atom stereocenters. The standard InChI is InChI=1S/C24H24N6OS/c1-15(31)29-9-11-30(12-10-29)22-14-20-18(3-2-8-25-20)23(28-22)26-17-6-7-19-21(13-17)32-24(27-19)16-4-5-16/h2-3,6-8,13-14,16H,4-5,9-12H2,1H3,(H,26,28). The molecule has 2 fully saturated rings. The summed E-state index contributed by atoms with van der Waals surface area (Å²) in [6.45, 7) is 4.59. The van der Waals surface area contributed by atoms with Gasteiger partial charge in [0.05, 0.1) is 20.7 Å². The number of carbonyl (C=O) groups excluding carboxylic acids is 1. The minimum atomic E-state index is 0.128. The smallest absolute Gasteiger partial charge is 0.219 e. The van der Waals surface area contributed by atoms with E-state index in [9.17, 15) is 4.79 Å². The third-order valence-corrected chi connectivity index (χ3v) is 7.41. The summed E-state index contributed by atoms with van der Waals surface area (Å²) in [5.74, 6) is 2.48. The minimum absolute atomic E-state index is 0.128. The summed E-state index contributed by atoms with van der Waals surface area (Å²) in [7, 11) is 0.